The van der Waals surface area contributed by atoms with E-state index in [0.717, 1.165) is 24.3 Å². The van der Waals surface area contributed by atoms with Crippen molar-refractivity contribution in [3.05, 3.63) is 34.4 Å². The Labute approximate surface area is 121 Å². The van der Waals surface area contributed by atoms with Gasteiger partial charge in [-0.05, 0) is 25.0 Å². The summed E-state index contributed by atoms with van der Waals surface area (Å²) in [4.78, 5) is 20.8. The first-order valence-electron chi connectivity index (χ1n) is 6.31. The zero-order valence-corrected chi connectivity index (χ0v) is 11.7. The number of hydrogen-bond donors (Lipinski definition) is 2. The lowest BCUT2D eigenvalue weighted by molar-refractivity contribution is -0.384. The number of rotatable bonds is 5. The molecule has 1 aromatic rings. The Morgan fingerprint density at radius 2 is 1.90 bits per heavy atom. The fraction of sp³-hybridized carbons (Fsp3) is 0.417. The minimum Gasteiger partial charge on any atom is -0.481 e. The Balaban J connectivity index is 2.18. The van der Waals surface area contributed by atoms with Crippen LogP contribution in [-0.2, 0) is 14.8 Å². The van der Waals surface area contributed by atoms with E-state index in [1.165, 1.54) is 0 Å². The molecule has 1 aliphatic carbocycles. The lowest BCUT2D eigenvalue weighted by Gasteiger charge is -2.17. The maximum atomic E-state index is 12.2. The summed E-state index contributed by atoms with van der Waals surface area (Å²) in [5.41, 5.74) is -0.210. The first kappa shape index (κ1) is 15.4. The van der Waals surface area contributed by atoms with Gasteiger partial charge in [0.05, 0.1) is 15.7 Å². The number of carboxylic acid groups (broad SMARTS) is 1. The van der Waals surface area contributed by atoms with Crippen molar-refractivity contribution in [3.8, 4) is 0 Å². The second-order valence-corrected chi connectivity index (χ2v) is 6.57. The van der Waals surface area contributed by atoms with Gasteiger partial charge in [-0.1, -0.05) is 6.42 Å². The van der Waals surface area contributed by atoms with Crippen LogP contribution in [0.3, 0.4) is 0 Å². The van der Waals surface area contributed by atoms with E-state index in [4.69, 9.17) is 5.11 Å². The van der Waals surface area contributed by atoms with Gasteiger partial charge < -0.3 is 5.11 Å². The van der Waals surface area contributed by atoms with Crippen molar-refractivity contribution >= 4 is 21.7 Å². The second-order valence-electron chi connectivity index (χ2n) is 4.85. The molecule has 8 nitrogen and oxygen atoms in total. The molecule has 0 aliphatic heterocycles. The van der Waals surface area contributed by atoms with Crippen LogP contribution >= 0.6 is 0 Å². The normalized spacial score (nSPS) is 22.1. The van der Waals surface area contributed by atoms with Crippen LogP contribution in [0, 0.1) is 16.0 Å². The van der Waals surface area contributed by atoms with Gasteiger partial charge in [0, 0.05) is 18.2 Å². The van der Waals surface area contributed by atoms with Crippen molar-refractivity contribution in [2.45, 2.75) is 30.2 Å². The summed E-state index contributed by atoms with van der Waals surface area (Å²) in [5.74, 6) is -1.76. The molecule has 0 aromatic heterocycles. The van der Waals surface area contributed by atoms with Gasteiger partial charge in [-0.25, -0.2) is 13.1 Å². The molecule has 0 saturated heterocycles. The highest BCUT2D eigenvalue weighted by Crippen LogP contribution is 2.27. The molecule has 2 atom stereocenters. The van der Waals surface area contributed by atoms with E-state index >= 15 is 0 Å². The molecule has 9 heteroatoms. The highest BCUT2D eigenvalue weighted by atomic mass is 32.2. The molecule has 1 aromatic carbocycles. The number of carboxylic acids is 1. The number of nitrogens with zero attached hydrogens (tertiary/aromatic N) is 1. The van der Waals surface area contributed by atoms with E-state index in [0.29, 0.717) is 19.3 Å². The van der Waals surface area contributed by atoms with Gasteiger partial charge in [-0.2, -0.15) is 0 Å². The molecule has 1 fully saturated rings. The van der Waals surface area contributed by atoms with Crippen molar-refractivity contribution < 1.29 is 23.2 Å². The fourth-order valence-corrected chi connectivity index (χ4v) is 3.72. The van der Waals surface area contributed by atoms with Crippen LogP contribution in [0.1, 0.15) is 19.3 Å². The van der Waals surface area contributed by atoms with Crippen LogP contribution in [0.2, 0.25) is 0 Å². The third-order valence-corrected chi connectivity index (χ3v) is 5.00. The lowest BCUT2D eigenvalue weighted by Crippen LogP contribution is -2.40. The molecule has 0 spiro atoms. The molecule has 0 radical (unpaired) electrons. The van der Waals surface area contributed by atoms with Crippen molar-refractivity contribution in [3.63, 3.8) is 0 Å². The number of nitro benzene ring substituents is 1. The van der Waals surface area contributed by atoms with Gasteiger partial charge >= 0.3 is 5.97 Å². The maximum Gasteiger partial charge on any atom is 0.308 e. The van der Waals surface area contributed by atoms with Gasteiger partial charge in [0.25, 0.3) is 5.69 Å². The summed E-state index contributed by atoms with van der Waals surface area (Å²) >= 11 is 0. The van der Waals surface area contributed by atoms with E-state index in [2.05, 4.69) is 4.72 Å². The molecular weight excluding hydrogens is 300 g/mol. The maximum absolute atomic E-state index is 12.2. The molecular formula is C12H14N2O6S. The Hall–Kier alpha value is -2.00. The predicted molar refractivity (Wildman–Crippen MR) is 72.2 cm³/mol. The highest BCUT2D eigenvalue weighted by Gasteiger charge is 2.35. The minimum absolute atomic E-state index is 0.121. The number of nitro groups is 1. The molecule has 0 amide bonds. The molecule has 2 rings (SSSR count). The van der Waals surface area contributed by atoms with Gasteiger partial charge in [0.15, 0.2) is 0 Å². The monoisotopic (exact) mass is 314 g/mol. The average Bonchev–Trinajstić information content (AvgIpc) is 2.86. The van der Waals surface area contributed by atoms with E-state index in [-0.39, 0.29) is 10.6 Å². The summed E-state index contributed by atoms with van der Waals surface area (Å²) in [6, 6.07) is 3.80. The van der Waals surface area contributed by atoms with E-state index in [1.54, 1.807) is 0 Å². The number of aliphatic carboxylic acids is 1. The summed E-state index contributed by atoms with van der Waals surface area (Å²) < 4.78 is 26.7. The zero-order chi connectivity index (χ0) is 15.6. The SMILES string of the molecule is O=C(O)C1CCCC1NS(=O)(=O)c1ccc([N+](=O)[O-])cc1. The topological polar surface area (TPSA) is 127 Å². The molecule has 114 valence electrons. The van der Waals surface area contributed by atoms with Crippen LogP contribution in [0.4, 0.5) is 5.69 Å². The number of sulfonamides is 1. The van der Waals surface area contributed by atoms with Crippen molar-refractivity contribution in [1.29, 1.82) is 0 Å². The van der Waals surface area contributed by atoms with Crippen molar-refractivity contribution in [2.24, 2.45) is 5.92 Å². The van der Waals surface area contributed by atoms with Gasteiger partial charge in [0.1, 0.15) is 0 Å². The Morgan fingerprint density at radius 3 is 2.43 bits per heavy atom. The number of non-ortho nitro benzene ring substituents is 1. The molecule has 0 heterocycles. The van der Waals surface area contributed by atoms with E-state index in [9.17, 15) is 23.3 Å². The predicted octanol–water partition coefficient (Wildman–Crippen LogP) is 1.13. The number of hydrogen-bond acceptors (Lipinski definition) is 5. The zero-order valence-electron chi connectivity index (χ0n) is 10.9. The molecule has 1 saturated carbocycles. The molecule has 2 unspecified atom stereocenters. The van der Waals surface area contributed by atoms with Crippen molar-refractivity contribution in [1.82, 2.24) is 4.72 Å². The number of nitrogens with one attached hydrogen (secondary N) is 1. The smallest absolute Gasteiger partial charge is 0.308 e. The third kappa shape index (κ3) is 3.37. The van der Waals surface area contributed by atoms with Crippen LogP contribution in [0.15, 0.2) is 29.2 Å². The van der Waals surface area contributed by atoms with Gasteiger partial charge in [-0.3, -0.25) is 14.9 Å². The van der Waals surface area contributed by atoms with E-state index in [1.807, 2.05) is 0 Å². The summed E-state index contributed by atoms with van der Waals surface area (Å²) in [6.07, 6.45) is 1.54. The highest BCUT2D eigenvalue weighted by molar-refractivity contribution is 7.89. The standard InChI is InChI=1S/C12H14N2O6S/c15-12(16)10-2-1-3-11(10)13-21(19,20)9-6-4-8(5-7-9)14(17)18/h4-7,10-11,13H,1-3H2,(H,15,16). The fourth-order valence-electron chi connectivity index (χ4n) is 2.41. The first-order valence-corrected chi connectivity index (χ1v) is 7.79. The minimum atomic E-state index is -3.89. The summed E-state index contributed by atoms with van der Waals surface area (Å²) in [5, 5.41) is 19.6. The second kappa shape index (κ2) is 5.78. The lowest BCUT2D eigenvalue weighted by atomic mass is 10.1. The van der Waals surface area contributed by atoms with Crippen LogP contribution < -0.4 is 4.72 Å². The number of carbonyl (C=O) groups is 1. The van der Waals surface area contributed by atoms with Gasteiger partial charge in [0.2, 0.25) is 10.0 Å². The van der Waals surface area contributed by atoms with E-state index < -0.39 is 32.9 Å². The largest absolute Gasteiger partial charge is 0.481 e. The Kier molecular flexibility index (Phi) is 4.24. The molecule has 2 N–H and O–H groups in total. The van der Waals surface area contributed by atoms with Crippen molar-refractivity contribution in [2.75, 3.05) is 0 Å². The third-order valence-electron chi connectivity index (χ3n) is 3.50. The summed E-state index contributed by atoms with van der Waals surface area (Å²) in [6.45, 7) is 0. The average molecular weight is 314 g/mol. The van der Waals surface area contributed by atoms with Gasteiger partial charge in [-0.15, -0.1) is 0 Å². The molecule has 0 bridgehead atoms. The van der Waals surface area contributed by atoms with Crippen LogP contribution in [0.25, 0.3) is 0 Å². The Morgan fingerprint density at radius 1 is 1.29 bits per heavy atom. The van der Waals surface area contributed by atoms with Crippen LogP contribution in [-0.4, -0.2) is 30.5 Å². The molecule has 1 aliphatic rings. The number of benzene rings is 1. The summed E-state index contributed by atoms with van der Waals surface area (Å²) in [7, 11) is -3.89. The first-order chi connectivity index (χ1) is 9.81. The quantitative estimate of drug-likeness (QED) is 0.619. The Bertz CT molecular complexity index is 655. The van der Waals surface area contributed by atoms with Crippen LogP contribution in [0.5, 0.6) is 0 Å². The molecule has 21 heavy (non-hydrogen) atoms.